The van der Waals surface area contributed by atoms with Crippen molar-refractivity contribution in [2.24, 2.45) is 5.10 Å². The molecule has 0 unspecified atom stereocenters. The first-order valence-corrected chi connectivity index (χ1v) is 9.18. The standard InChI is InChI=1S/C22H23ClN2O2/c1-22(2,3)16-7-5-15(6-8-16)13-19-20(24-25(4)21(19)26)14-27-18-11-9-17(23)10-12-18/h5-13H,14H2,1-4H3/b19-13-. The molecule has 1 aliphatic heterocycles. The van der Waals surface area contributed by atoms with Gasteiger partial charge in [0, 0.05) is 12.1 Å². The molecule has 140 valence electrons. The van der Waals surface area contributed by atoms with E-state index in [-0.39, 0.29) is 17.9 Å². The van der Waals surface area contributed by atoms with Crippen molar-refractivity contribution in [1.29, 1.82) is 0 Å². The van der Waals surface area contributed by atoms with Gasteiger partial charge in [0.1, 0.15) is 18.1 Å². The Kier molecular flexibility index (Phi) is 5.38. The lowest BCUT2D eigenvalue weighted by Crippen LogP contribution is -2.18. The molecule has 0 saturated heterocycles. The normalized spacial score (nSPS) is 16.0. The first kappa shape index (κ1) is 19.2. The summed E-state index contributed by atoms with van der Waals surface area (Å²) in [6.07, 6.45) is 1.86. The number of carbonyl (C=O) groups is 1. The van der Waals surface area contributed by atoms with Crippen LogP contribution in [0, 0.1) is 0 Å². The lowest BCUT2D eigenvalue weighted by Gasteiger charge is -2.18. The van der Waals surface area contributed by atoms with Crippen molar-refractivity contribution >= 4 is 29.3 Å². The molecule has 0 saturated carbocycles. The van der Waals surface area contributed by atoms with Gasteiger partial charge in [0.05, 0.1) is 5.57 Å². The van der Waals surface area contributed by atoms with E-state index in [2.05, 4.69) is 38.0 Å². The SMILES string of the molecule is CN1N=C(COc2ccc(Cl)cc2)/C(=C/c2ccc(C(C)(C)C)cc2)C1=O. The van der Waals surface area contributed by atoms with Crippen molar-refractivity contribution in [2.75, 3.05) is 13.7 Å². The fraction of sp³-hybridized carbons (Fsp3) is 0.273. The average molecular weight is 383 g/mol. The third-order valence-corrected chi connectivity index (χ3v) is 4.63. The molecular weight excluding hydrogens is 360 g/mol. The van der Waals surface area contributed by atoms with Crippen LogP contribution in [0.4, 0.5) is 0 Å². The van der Waals surface area contributed by atoms with Crippen LogP contribution in [-0.2, 0) is 10.2 Å². The van der Waals surface area contributed by atoms with Crippen LogP contribution in [0.2, 0.25) is 5.02 Å². The molecule has 2 aromatic rings. The zero-order valence-corrected chi connectivity index (χ0v) is 16.7. The second kappa shape index (κ2) is 7.57. The largest absolute Gasteiger partial charge is 0.487 e. The average Bonchev–Trinajstić information content (AvgIpc) is 2.89. The van der Waals surface area contributed by atoms with Crippen LogP contribution >= 0.6 is 11.6 Å². The summed E-state index contributed by atoms with van der Waals surface area (Å²) in [6.45, 7) is 6.74. The molecule has 0 fully saturated rings. The highest BCUT2D eigenvalue weighted by Gasteiger charge is 2.27. The summed E-state index contributed by atoms with van der Waals surface area (Å²) >= 11 is 5.89. The Morgan fingerprint density at radius 2 is 1.70 bits per heavy atom. The number of likely N-dealkylation sites (N-methyl/N-ethyl adjacent to an activating group) is 1. The fourth-order valence-electron chi connectivity index (χ4n) is 2.76. The molecule has 0 aromatic heterocycles. The van der Waals surface area contributed by atoms with E-state index < -0.39 is 0 Å². The molecule has 2 aromatic carbocycles. The van der Waals surface area contributed by atoms with Gasteiger partial charge < -0.3 is 4.74 Å². The molecule has 27 heavy (non-hydrogen) atoms. The van der Waals surface area contributed by atoms with Crippen LogP contribution in [0.1, 0.15) is 31.9 Å². The van der Waals surface area contributed by atoms with Gasteiger partial charge in [-0.1, -0.05) is 56.6 Å². The number of carbonyl (C=O) groups excluding carboxylic acids is 1. The van der Waals surface area contributed by atoms with Crippen LogP contribution in [0.15, 0.2) is 59.2 Å². The molecular formula is C22H23ClN2O2. The van der Waals surface area contributed by atoms with Gasteiger partial charge in [-0.2, -0.15) is 5.10 Å². The highest BCUT2D eigenvalue weighted by atomic mass is 35.5. The van der Waals surface area contributed by atoms with Crippen molar-refractivity contribution in [1.82, 2.24) is 5.01 Å². The number of nitrogens with zero attached hydrogens (tertiary/aromatic N) is 2. The van der Waals surface area contributed by atoms with E-state index in [9.17, 15) is 4.79 Å². The Hall–Kier alpha value is -2.59. The van der Waals surface area contributed by atoms with E-state index in [0.717, 1.165) is 5.56 Å². The van der Waals surface area contributed by atoms with E-state index in [1.54, 1.807) is 31.3 Å². The lowest BCUT2D eigenvalue weighted by molar-refractivity contribution is -0.124. The number of hydrogen-bond donors (Lipinski definition) is 0. The van der Waals surface area contributed by atoms with Crippen molar-refractivity contribution in [3.63, 3.8) is 0 Å². The second-order valence-corrected chi connectivity index (χ2v) is 7.98. The summed E-state index contributed by atoms with van der Waals surface area (Å²) < 4.78 is 5.76. The minimum Gasteiger partial charge on any atom is -0.487 e. The van der Waals surface area contributed by atoms with E-state index in [4.69, 9.17) is 16.3 Å². The maximum atomic E-state index is 12.5. The lowest BCUT2D eigenvalue weighted by atomic mass is 9.86. The molecule has 0 N–H and O–H groups in total. The smallest absolute Gasteiger partial charge is 0.275 e. The van der Waals surface area contributed by atoms with Crippen molar-refractivity contribution in [2.45, 2.75) is 26.2 Å². The van der Waals surface area contributed by atoms with Crippen LogP contribution < -0.4 is 4.74 Å². The Labute approximate surface area is 165 Å². The van der Waals surface area contributed by atoms with Crippen molar-refractivity contribution < 1.29 is 9.53 Å². The maximum absolute atomic E-state index is 12.5. The zero-order valence-electron chi connectivity index (χ0n) is 16.0. The van der Waals surface area contributed by atoms with Gasteiger partial charge in [-0.05, 0) is 46.9 Å². The summed E-state index contributed by atoms with van der Waals surface area (Å²) in [5.74, 6) is 0.544. The molecule has 3 rings (SSSR count). The van der Waals surface area contributed by atoms with Gasteiger partial charge in [0.25, 0.3) is 5.91 Å². The van der Waals surface area contributed by atoms with Gasteiger partial charge >= 0.3 is 0 Å². The fourth-order valence-corrected chi connectivity index (χ4v) is 2.88. The summed E-state index contributed by atoms with van der Waals surface area (Å²) in [4.78, 5) is 12.5. The molecule has 0 bridgehead atoms. The van der Waals surface area contributed by atoms with Gasteiger partial charge in [-0.15, -0.1) is 0 Å². The number of halogens is 1. The quantitative estimate of drug-likeness (QED) is 0.703. The minimum absolute atomic E-state index is 0.0914. The second-order valence-electron chi connectivity index (χ2n) is 7.55. The molecule has 1 amide bonds. The van der Waals surface area contributed by atoms with E-state index in [1.165, 1.54) is 10.6 Å². The van der Waals surface area contributed by atoms with Crippen LogP contribution in [-0.4, -0.2) is 30.3 Å². The molecule has 5 heteroatoms. The monoisotopic (exact) mass is 382 g/mol. The Morgan fingerprint density at radius 1 is 1.07 bits per heavy atom. The number of benzene rings is 2. The Morgan fingerprint density at radius 3 is 2.30 bits per heavy atom. The molecule has 0 aliphatic carbocycles. The number of ether oxygens (including phenoxy) is 1. The number of hydrogen-bond acceptors (Lipinski definition) is 3. The third-order valence-electron chi connectivity index (χ3n) is 4.38. The predicted octanol–water partition coefficient (Wildman–Crippen LogP) is 4.93. The van der Waals surface area contributed by atoms with Gasteiger partial charge in [-0.3, -0.25) is 4.79 Å². The van der Waals surface area contributed by atoms with E-state index in [0.29, 0.717) is 22.1 Å². The third kappa shape index (κ3) is 4.58. The van der Waals surface area contributed by atoms with Crippen LogP contribution in [0.25, 0.3) is 6.08 Å². The molecule has 0 atom stereocenters. The molecule has 4 nitrogen and oxygen atoms in total. The summed E-state index contributed by atoms with van der Waals surface area (Å²) in [6, 6.07) is 15.3. The van der Waals surface area contributed by atoms with Crippen molar-refractivity contribution in [3.8, 4) is 5.75 Å². The predicted molar refractivity (Wildman–Crippen MR) is 110 cm³/mol. The van der Waals surface area contributed by atoms with E-state index in [1.807, 2.05) is 18.2 Å². The van der Waals surface area contributed by atoms with Gasteiger partial charge in [0.15, 0.2) is 0 Å². The Balaban J connectivity index is 1.79. The van der Waals surface area contributed by atoms with Crippen LogP contribution in [0.5, 0.6) is 5.75 Å². The summed E-state index contributed by atoms with van der Waals surface area (Å²) in [5.41, 5.74) is 3.46. The first-order chi connectivity index (χ1) is 12.7. The summed E-state index contributed by atoms with van der Waals surface area (Å²) in [7, 11) is 1.65. The minimum atomic E-state index is -0.135. The van der Waals surface area contributed by atoms with Gasteiger partial charge in [0.2, 0.25) is 0 Å². The molecule has 0 spiro atoms. The number of amides is 1. The van der Waals surface area contributed by atoms with Crippen molar-refractivity contribution in [3.05, 3.63) is 70.3 Å². The molecule has 0 radical (unpaired) electrons. The maximum Gasteiger partial charge on any atom is 0.275 e. The zero-order chi connectivity index (χ0) is 19.6. The van der Waals surface area contributed by atoms with Gasteiger partial charge in [-0.25, -0.2) is 5.01 Å². The molecule has 1 heterocycles. The van der Waals surface area contributed by atoms with E-state index >= 15 is 0 Å². The molecule has 1 aliphatic rings. The number of rotatable bonds is 4. The topological polar surface area (TPSA) is 41.9 Å². The Bertz CT molecular complexity index is 891. The number of hydrazone groups is 1. The highest BCUT2D eigenvalue weighted by Crippen LogP contribution is 2.24. The summed E-state index contributed by atoms with van der Waals surface area (Å²) in [5, 5.41) is 6.31. The highest BCUT2D eigenvalue weighted by molar-refractivity contribution is 6.30. The van der Waals surface area contributed by atoms with Crippen LogP contribution in [0.3, 0.4) is 0 Å². The first-order valence-electron chi connectivity index (χ1n) is 8.80.